The zero-order valence-corrected chi connectivity index (χ0v) is 24.2. The highest BCUT2D eigenvalue weighted by atomic mass is 16.6. The molecule has 0 aliphatic rings. The summed E-state index contributed by atoms with van der Waals surface area (Å²) in [5.74, 6) is -1.65. The van der Waals surface area contributed by atoms with E-state index in [1.54, 1.807) is 45.0 Å². The molecule has 2 aromatic rings. The van der Waals surface area contributed by atoms with Crippen LogP contribution in [0.4, 0.5) is 4.79 Å². The Hall–Kier alpha value is -4.14. The van der Waals surface area contributed by atoms with Crippen LogP contribution >= 0.6 is 0 Å². The molecular formula is C31H41N3O6. The van der Waals surface area contributed by atoms with E-state index in [1.165, 1.54) is 12.0 Å². The Morgan fingerprint density at radius 2 is 1.73 bits per heavy atom. The van der Waals surface area contributed by atoms with Gasteiger partial charge in [-0.3, -0.25) is 14.4 Å². The lowest BCUT2D eigenvalue weighted by Crippen LogP contribution is -2.56. The lowest BCUT2D eigenvalue weighted by atomic mass is 9.97. The van der Waals surface area contributed by atoms with Crippen molar-refractivity contribution in [1.29, 1.82) is 0 Å². The fraction of sp³-hybridized carbons (Fsp3) is 0.419. The van der Waals surface area contributed by atoms with Crippen LogP contribution in [0.2, 0.25) is 0 Å². The second-order valence-electron chi connectivity index (χ2n) is 10.5. The van der Waals surface area contributed by atoms with E-state index < -0.39 is 47.6 Å². The number of methoxy groups -OCH3 is 1. The average Bonchev–Trinajstić information content (AvgIpc) is 2.92. The Morgan fingerprint density at radius 1 is 1.05 bits per heavy atom. The molecular weight excluding hydrogens is 510 g/mol. The van der Waals surface area contributed by atoms with Crippen LogP contribution < -0.4 is 10.6 Å². The van der Waals surface area contributed by atoms with Gasteiger partial charge < -0.3 is 25.0 Å². The fourth-order valence-corrected chi connectivity index (χ4v) is 4.10. The summed E-state index contributed by atoms with van der Waals surface area (Å²) < 4.78 is 10.1. The van der Waals surface area contributed by atoms with Crippen molar-refractivity contribution in [2.24, 2.45) is 0 Å². The van der Waals surface area contributed by atoms with E-state index in [4.69, 9.17) is 4.74 Å². The Bertz CT molecular complexity index is 1180. The Balaban J connectivity index is 2.60. The van der Waals surface area contributed by atoms with Crippen molar-refractivity contribution >= 4 is 30.0 Å². The predicted molar refractivity (Wildman–Crippen MR) is 154 cm³/mol. The molecule has 3 atom stereocenters. The zero-order valence-electron chi connectivity index (χ0n) is 24.2. The smallest absolute Gasteiger partial charge is 0.408 e. The van der Waals surface area contributed by atoms with Gasteiger partial charge in [-0.2, -0.15) is 0 Å². The van der Waals surface area contributed by atoms with E-state index in [-0.39, 0.29) is 13.0 Å². The standard InChI is InChI=1S/C31H41N3O6/c1-8-21(3)34(27(28(36)32-20-26(35)39-7)24-17-13-16-22(9-2)18-24)29(37)25(19-23-14-11-10-12-15-23)33-30(38)40-31(4,5)6/h9-18,21,25,27H,2,8,19-20H2,1,3-7H3,(H,32,36)(H,33,38). The quantitative estimate of drug-likeness (QED) is 0.378. The number of amides is 3. The number of carbonyl (C=O) groups excluding carboxylic acids is 4. The van der Waals surface area contributed by atoms with Gasteiger partial charge in [0.2, 0.25) is 11.8 Å². The maximum atomic E-state index is 14.4. The molecule has 0 heterocycles. The molecule has 0 spiro atoms. The topological polar surface area (TPSA) is 114 Å². The second kappa shape index (κ2) is 14.9. The molecule has 0 saturated carbocycles. The highest BCUT2D eigenvalue weighted by Crippen LogP contribution is 2.28. The Kier molecular flexibility index (Phi) is 11.9. The summed E-state index contributed by atoms with van der Waals surface area (Å²) in [5.41, 5.74) is 1.33. The summed E-state index contributed by atoms with van der Waals surface area (Å²) in [4.78, 5) is 54.2. The van der Waals surface area contributed by atoms with Gasteiger partial charge in [0.15, 0.2) is 0 Å². The maximum Gasteiger partial charge on any atom is 0.408 e. The predicted octanol–water partition coefficient (Wildman–Crippen LogP) is 4.42. The fourth-order valence-electron chi connectivity index (χ4n) is 4.10. The van der Waals surface area contributed by atoms with Crippen LogP contribution in [0.25, 0.3) is 6.08 Å². The molecule has 0 aliphatic carbocycles. The Labute approximate surface area is 236 Å². The molecule has 9 nitrogen and oxygen atoms in total. The molecule has 40 heavy (non-hydrogen) atoms. The summed E-state index contributed by atoms with van der Waals surface area (Å²) in [6.45, 7) is 12.4. The number of hydrogen-bond acceptors (Lipinski definition) is 6. The second-order valence-corrected chi connectivity index (χ2v) is 10.5. The molecule has 0 radical (unpaired) electrons. The molecule has 0 aromatic heterocycles. The van der Waals surface area contributed by atoms with Crippen molar-refractivity contribution in [2.75, 3.05) is 13.7 Å². The van der Waals surface area contributed by atoms with Crippen molar-refractivity contribution < 1.29 is 28.7 Å². The van der Waals surface area contributed by atoms with Gasteiger partial charge >= 0.3 is 12.1 Å². The number of nitrogens with one attached hydrogen (secondary N) is 2. The molecule has 3 amide bonds. The summed E-state index contributed by atoms with van der Waals surface area (Å²) in [6.07, 6.45) is 1.60. The summed E-state index contributed by atoms with van der Waals surface area (Å²) in [7, 11) is 1.23. The first-order valence-electron chi connectivity index (χ1n) is 13.3. The number of benzene rings is 2. The van der Waals surface area contributed by atoms with Gasteiger partial charge in [0.05, 0.1) is 7.11 Å². The maximum absolute atomic E-state index is 14.4. The largest absolute Gasteiger partial charge is 0.468 e. The SMILES string of the molecule is C=Cc1cccc(C(C(=O)NCC(=O)OC)N(C(=O)C(Cc2ccccc2)NC(=O)OC(C)(C)C)C(C)CC)c1. The van der Waals surface area contributed by atoms with Gasteiger partial charge in [-0.15, -0.1) is 0 Å². The first-order valence-corrected chi connectivity index (χ1v) is 13.3. The Morgan fingerprint density at radius 3 is 2.30 bits per heavy atom. The molecule has 3 unspecified atom stereocenters. The molecule has 216 valence electrons. The van der Waals surface area contributed by atoms with E-state index in [2.05, 4.69) is 21.9 Å². The van der Waals surface area contributed by atoms with Gasteiger partial charge in [0.25, 0.3) is 0 Å². The minimum atomic E-state index is -1.11. The molecule has 0 fully saturated rings. The lowest BCUT2D eigenvalue weighted by molar-refractivity contribution is -0.146. The first kappa shape index (κ1) is 32.1. The first-order chi connectivity index (χ1) is 18.9. The van der Waals surface area contributed by atoms with Crippen molar-refractivity contribution in [1.82, 2.24) is 15.5 Å². The van der Waals surface area contributed by atoms with Crippen LogP contribution in [0.5, 0.6) is 0 Å². The van der Waals surface area contributed by atoms with Gasteiger partial charge in [0, 0.05) is 12.5 Å². The third-order valence-corrected chi connectivity index (χ3v) is 6.22. The molecule has 9 heteroatoms. The number of hydrogen-bond donors (Lipinski definition) is 2. The highest BCUT2D eigenvalue weighted by Gasteiger charge is 2.38. The van der Waals surface area contributed by atoms with Gasteiger partial charge in [0.1, 0.15) is 24.2 Å². The lowest BCUT2D eigenvalue weighted by Gasteiger charge is -2.38. The van der Waals surface area contributed by atoms with Gasteiger partial charge in [-0.05, 0) is 56.9 Å². The number of alkyl carbamates (subject to hydrolysis) is 1. The van der Waals surface area contributed by atoms with E-state index in [0.29, 0.717) is 12.0 Å². The van der Waals surface area contributed by atoms with Gasteiger partial charge in [-0.1, -0.05) is 68.1 Å². The molecule has 2 rings (SSSR count). The van der Waals surface area contributed by atoms with E-state index >= 15 is 0 Å². The van der Waals surface area contributed by atoms with Crippen LogP contribution in [0.15, 0.2) is 61.2 Å². The van der Waals surface area contributed by atoms with Crippen LogP contribution in [-0.2, 0) is 30.3 Å². The molecule has 0 saturated heterocycles. The average molecular weight is 552 g/mol. The van der Waals surface area contributed by atoms with Crippen LogP contribution in [0.3, 0.4) is 0 Å². The zero-order chi connectivity index (χ0) is 29.9. The minimum Gasteiger partial charge on any atom is -0.468 e. The highest BCUT2D eigenvalue weighted by molar-refractivity contribution is 5.93. The number of rotatable bonds is 12. The summed E-state index contributed by atoms with van der Waals surface area (Å²) in [6, 6.07) is 13.8. The molecule has 0 bridgehead atoms. The number of ether oxygens (including phenoxy) is 2. The molecule has 2 N–H and O–H groups in total. The third kappa shape index (κ3) is 9.55. The van der Waals surface area contributed by atoms with E-state index in [9.17, 15) is 19.2 Å². The number of carbonyl (C=O) groups is 4. The van der Waals surface area contributed by atoms with Crippen LogP contribution in [-0.4, -0.2) is 60.1 Å². The van der Waals surface area contributed by atoms with Crippen molar-refractivity contribution in [2.45, 2.75) is 71.2 Å². The summed E-state index contributed by atoms with van der Waals surface area (Å²) >= 11 is 0. The number of esters is 1. The molecule has 2 aromatic carbocycles. The van der Waals surface area contributed by atoms with Crippen molar-refractivity contribution in [3.05, 3.63) is 77.9 Å². The number of nitrogens with zero attached hydrogens (tertiary/aromatic N) is 1. The van der Waals surface area contributed by atoms with Crippen molar-refractivity contribution in [3.63, 3.8) is 0 Å². The normalized spacial score (nSPS) is 13.2. The van der Waals surface area contributed by atoms with E-state index in [0.717, 1.165) is 11.1 Å². The summed E-state index contributed by atoms with van der Waals surface area (Å²) in [5, 5.41) is 5.33. The van der Waals surface area contributed by atoms with Crippen LogP contribution in [0.1, 0.15) is 63.8 Å². The van der Waals surface area contributed by atoms with E-state index in [1.807, 2.05) is 50.2 Å². The minimum absolute atomic E-state index is 0.176. The van der Waals surface area contributed by atoms with Gasteiger partial charge in [-0.25, -0.2) is 4.79 Å². The third-order valence-electron chi connectivity index (χ3n) is 6.22. The molecule has 0 aliphatic heterocycles. The van der Waals surface area contributed by atoms with Crippen LogP contribution in [0, 0.1) is 0 Å². The van der Waals surface area contributed by atoms with Crippen molar-refractivity contribution in [3.8, 4) is 0 Å². The monoisotopic (exact) mass is 551 g/mol.